The molecule has 0 saturated carbocycles. The van der Waals surface area contributed by atoms with Crippen LogP contribution >= 0.6 is 0 Å². The maximum Gasteiger partial charge on any atom is 0.272 e. The summed E-state index contributed by atoms with van der Waals surface area (Å²) in [7, 11) is 0. The Labute approximate surface area is 147 Å². The topological polar surface area (TPSA) is 58.6 Å². The van der Waals surface area contributed by atoms with Gasteiger partial charge in [0.1, 0.15) is 11.8 Å². The minimum absolute atomic E-state index is 0.0490. The number of aromatic nitrogens is 2. The van der Waals surface area contributed by atoms with Crippen LogP contribution in [-0.2, 0) is 4.74 Å². The van der Waals surface area contributed by atoms with Crippen molar-refractivity contribution >= 4 is 11.9 Å². The van der Waals surface area contributed by atoms with Crippen LogP contribution in [0.4, 0.5) is 5.95 Å². The van der Waals surface area contributed by atoms with Gasteiger partial charge in [-0.25, -0.2) is 9.97 Å². The number of ether oxygens (including phenoxy) is 1. The van der Waals surface area contributed by atoms with Gasteiger partial charge in [-0.15, -0.1) is 0 Å². The van der Waals surface area contributed by atoms with Crippen molar-refractivity contribution < 1.29 is 9.53 Å². The van der Waals surface area contributed by atoms with Gasteiger partial charge in [-0.3, -0.25) is 4.79 Å². The summed E-state index contributed by atoms with van der Waals surface area (Å²) in [5.74, 6) is 0.614. The highest BCUT2D eigenvalue weighted by atomic mass is 16.5. The van der Waals surface area contributed by atoms with Crippen LogP contribution in [-0.4, -0.2) is 53.6 Å². The van der Waals surface area contributed by atoms with Crippen LogP contribution in [0.1, 0.15) is 35.0 Å². The zero-order valence-corrected chi connectivity index (χ0v) is 14.2. The van der Waals surface area contributed by atoms with Crippen molar-refractivity contribution in [3.05, 3.63) is 53.9 Å². The van der Waals surface area contributed by atoms with Crippen LogP contribution in [0.15, 0.2) is 42.6 Å². The fourth-order valence-electron chi connectivity index (χ4n) is 3.40. The lowest BCUT2D eigenvalue weighted by atomic mass is 10.1. The first-order chi connectivity index (χ1) is 12.3. The molecule has 3 heterocycles. The quantitative estimate of drug-likeness (QED) is 0.859. The molecule has 2 aromatic rings. The van der Waals surface area contributed by atoms with E-state index in [4.69, 9.17) is 4.74 Å². The molecule has 0 spiro atoms. The van der Waals surface area contributed by atoms with E-state index in [1.807, 2.05) is 35.2 Å². The number of hydrogen-bond acceptors (Lipinski definition) is 5. The molecule has 2 saturated heterocycles. The number of morpholine rings is 1. The number of rotatable bonds is 3. The van der Waals surface area contributed by atoms with Gasteiger partial charge in [0.2, 0.25) is 5.95 Å². The van der Waals surface area contributed by atoms with Gasteiger partial charge in [0.15, 0.2) is 0 Å². The molecule has 1 unspecified atom stereocenters. The number of carbonyl (C=O) groups excluding carboxylic acids is 1. The summed E-state index contributed by atoms with van der Waals surface area (Å²) in [6, 6.07) is 11.7. The molecular weight excluding hydrogens is 316 g/mol. The van der Waals surface area contributed by atoms with Gasteiger partial charge in [-0.05, 0) is 24.5 Å². The van der Waals surface area contributed by atoms with Gasteiger partial charge >= 0.3 is 0 Å². The molecule has 2 aliphatic rings. The summed E-state index contributed by atoms with van der Waals surface area (Å²) in [6.45, 7) is 3.60. The van der Waals surface area contributed by atoms with E-state index in [2.05, 4.69) is 14.9 Å². The summed E-state index contributed by atoms with van der Waals surface area (Å²) in [4.78, 5) is 25.7. The minimum Gasteiger partial charge on any atom is -0.370 e. The molecule has 1 aromatic carbocycles. The highest BCUT2D eigenvalue weighted by Crippen LogP contribution is 2.23. The largest absolute Gasteiger partial charge is 0.370 e. The molecular formula is C19H22N4O2. The lowest BCUT2D eigenvalue weighted by molar-refractivity contribution is -0.0230. The monoisotopic (exact) mass is 338 g/mol. The predicted molar refractivity (Wildman–Crippen MR) is 94.5 cm³/mol. The van der Waals surface area contributed by atoms with Crippen LogP contribution in [0.5, 0.6) is 0 Å². The Kier molecular flexibility index (Phi) is 4.61. The molecule has 0 N–H and O–H groups in total. The summed E-state index contributed by atoms with van der Waals surface area (Å²) >= 11 is 0. The van der Waals surface area contributed by atoms with Crippen LogP contribution in [0.2, 0.25) is 0 Å². The number of nitrogens with zero attached hydrogens (tertiary/aromatic N) is 4. The Balaban J connectivity index is 1.49. The van der Waals surface area contributed by atoms with Gasteiger partial charge in [-0.1, -0.05) is 30.3 Å². The van der Waals surface area contributed by atoms with Crippen LogP contribution in [0.25, 0.3) is 0 Å². The summed E-state index contributed by atoms with van der Waals surface area (Å²) in [5.41, 5.74) is 1.56. The third-order valence-corrected chi connectivity index (χ3v) is 4.78. The molecule has 25 heavy (non-hydrogen) atoms. The Morgan fingerprint density at radius 2 is 1.88 bits per heavy atom. The Morgan fingerprint density at radius 1 is 1.08 bits per heavy atom. The van der Waals surface area contributed by atoms with Gasteiger partial charge in [0, 0.05) is 25.8 Å². The molecule has 2 aliphatic heterocycles. The van der Waals surface area contributed by atoms with E-state index in [0.717, 1.165) is 31.5 Å². The first-order valence-electron chi connectivity index (χ1n) is 8.85. The molecule has 1 aromatic heterocycles. The van der Waals surface area contributed by atoms with E-state index in [1.54, 1.807) is 12.3 Å². The fraction of sp³-hybridized carbons (Fsp3) is 0.421. The van der Waals surface area contributed by atoms with E-state index in [0.29, 0.717) is 31.3 Å². The third kappa shape index (κ3) is 3.49. The van der Waals surface area contributed by atoms with Crippen molar-refractivity contribution in [2.45, 2.75) is 18.9 Å². The zero-order valence-electron chi connectivity index (χ0n) is 14.2. The molecule has 0 radical (unpaired) electrons. The van der Waals surface area contributed by atoms with E-state index in [9.17, 15) is 4.79 Å². The number of anilines is 1. The summed E-state index contributed by atoms with van der Waals surface area (Å²) in [6.07, 6.45) is 3.91. The van der Waals surface area contributed by atoms with E-state index in [-0.39, 0.29) is 12.0 Å². The molecule has 2 fully saturated rings. The maximum absolute atomic E-state index is 12.9. The second-order valence-corrected chi connectivity index (χ2v) is 6.46. The fourth-order valence-corrected chi connectivity index (χ4v) is 3.40. The first kappa shape index (κ1) is 16.0. The molecule has 0 aliphatic carbocycles. The van der Waals surface area contributed by atoms with Crippen molar-refractivity contribution in [2.24, 2.45) is 0 Å². The maximum atomic E-state index is 12.9. The van der Waals surface area contributed by atoms with Crippen molar-refractivity contribution in [1.29, 1.82) is 0 Å². The minimum atomic E-state index is -0.0845. The second-order valence-electron chi connectivity index (χ2n) is 6.46. The lowest BCUT2D eigenvalue weighted by Crippen LogP contribution is -2.42. The van der Waals surface area contributed by atoms with Crippen LogP contribution in [0.3, 0.4) is 0 Å². The van der Waals surface area contributed by atoms with Gasteiger partial charge in [0.05, 0.1) is 13.2 Å². The first-order valence-corrected chi connectivity index (χ1v) is 8.85. The van der Waals surface area contributed by atoms with Crippen LogP contribution < -0.4 is 4.90 Å². The summed E-state index contributed by atoms with van der Waals surface area (Å²) in [5, 5.41) is 0. The highest BCUT2D eigenvalue weighted by molar-refractivity contribution is 5.92. The third-order valence-electron chi connectivity index (χ3n) is 4.78. The molecule has 1 atom stereocenters. The molecule has 1 amide bonds. The highest BCUT2D eigenvalue weighted by Gasteiger charge is 2.27. The standard InChI is InChI=1S/C19H22N4O2/c24-18(16-8-9-20-19(21-16)22-10-4-5-11-22)23-12-13-25-17(14-23)15-6-2-1-3-7-15/h1-3,6-9,17H,4-5,10-14H2. The molecule has 0 bridgehead atoms. The van der Waals surface area contributed by atoms with E-state index >= 15 is 0 Å². The molecule has 6 heteroatoms. The summed E-state index contributed by atoms with van der Waals surface area (Å²) < 4.78 is 5.85. The molecule has 6 nitrogen and oxygen atoms in total. The molecule has 130 valence electrons. The normalized spacial score (nSPS) is 20.7. The van der Waals surface area contributed by atoms with Gasteiger partial charge in [-0.2, -0.15) is 0 Å². The predicted octanol–water partition coefficient (Wildman–Crippen LogP) is 2.29. The van der Waals surface area contributed by atoms with Crippen LogP contribution in [0, 0.1) is 0 Å². The zero-order chi connectivity index (χ0) is 17.1. The van der Waals surface area contributed by atoms with Crippen molar-refractivity contribution in [3.8, 4) is 0 Å². The number of hydrogen-bond donors (Lipinski definition) is 0. The Bertz CT molecular complexity index is 731. The smallest absolute Gasteiger partial charge is 0.272 e. The molecule has 4 rings (SSSR count). The lowest BCUT2D eigenvalue weighted by Gasteiger charge is -2.33. The van der Waals surface area contributed by atoms with Crippen molar-refractivity contribution in [1.82, 2.24) is 14.9 Å². The van der Waals surface area contributed by atoms with Gasteiger partial charge < -0.3 is 14.5 Å². The average Bonchev–Trinajstić information content (AvgIpc) is 3.23. The SMILES string of the molecule is O=C(c1ccnc(N2CCCC2)n1)N1CCOC(c2ccccc2)C1. The van der Waals surface area contributed by atoms with Crippen molar-refractivity contribution in [3.63, 3.8) is 0 Å². The van der Waals surface area contributed by atoms with Gasteiger partial charge in [0.25, 0.3) is 5.91 Å². The number of amides is 1. The average molecular weight is 338 g/mol. The Morgan fingerprint density at radius 3 is 2.68 bits per heavy atom. The number of benzene rings is 1. The van der Waals surface area contributed by atoms with E-state index < -0.39 is 0 Å². The van der Waals surface area contributed by atoms with Crippen molar-refractivity contribution in [2.75, 3.05) is 37.7 Å². The number of carbonyl (C=O) groups is 1. The Hall–Kier alpha value is -2.47. The second kappa shape index (κ2) is 7.19. The van der Waals surface area contributed by atoms with E-state index in [1.165, 1.54) is 0 Å².